The van der Waals surface area contributed by atoms with Crippen LogP contribution in [0.2, 0.25) is 0 Å². The molecule has 0 radical (unpaired) electrons. The van der Waals surface area contributed by atoms with E-state index in [1.165, 1.54) is 5.69 Å². The molecule has 2 aromatic heterocycles. The molecule has 1 aromatic carbocycles. The predicted octanol–water partition coefficient (Wildman–Crippen LogP) is 2.07. The van der Waals surface area contributed by atoms with Crippen LogP contribution in [0, 0.1) is 5.92 Å². The summed E-state index contributed by atoms with van der Waals surface area (Å²) < 4.78 is 6.02. The van der Waals surface area contributed by atoms with Gasteiger partial charge in [-0.2, -0.15) is 13.5 Å². The Morgan fingerprint density at radius 2 is 1.84 bits per heavy atom. The van der Waals surface area contributed by atoms with Gasteiger partial charge in [0.1, 0.15) is 0 Å². The number of hydrogen-bond donors (Lipinski definition) is 1. The van der Waals surface area contributed by atoms with E-state index in [9.17, 15) is 4.79 Å². The molecule has 32 heavy (non-hydrogen) atoms. The molecular formula is C23H28N6O2S. The summed E-state index contributed by atoms with van der Waals surface area (Å²) in [4.78, 5) is 29.8. The third kappa shape index (κ3) is 4.78. The number of carbonyl (C=O) groups excluding carboxylic acids is 1. The minimum Gasteiger partial charge on any atom is -0.476 e. The number of aromatic nitrogens is 3. The molecule has 0 unspecified atom stereocenters. The fourth-order valence-corrected chi connectivity index (χ4v) is 4.08. The van der Waals surface area contributed by atoms with Crippen LogP contribution in [0.15, 0.2) is 42.7 Å². The number of piperazine rings is 1. The summed E-state index contributed by atoms with van der Waals surface area (Å²) in [6.07, 6.45) is 3.80. The number of ether oxygens (including phenoxy) is 1. The van der Waals surface area contributed by atoms with Gasteiger partial charge in [-0.15, -0.1) is 0 Å². The van der Waals surface area contributed by atoms with Gasteiger partial charge in [-0.1, -0.05) is 12.1 Å². The number of benzene rings is 1. The van der Waals surface area contributed by atoms with Gasteiger partial charge >= 0.3 is 0 Å². The fourth-order valence-electron chi connectivity index (χ4n) is 4.08. The number of nitrogens with zero attached hydrogens (tertiary/aromatic N) is 5. The molecule has 0 saturated carbocycles. The predicted molar refractivity (Wildman–Crippen MR) is 129 cm³/mol. The monoisotopic (exact) mass is 452 g/mol. The van der Waals surface area contributed by atoms with Gasteiger partial charge in [-0.3, -0.25) is 9.78 Å². The molecule has 2 fully saturated rings. The molecule has 168 valence electrons. The van der Waals surface area contributed by atoms with Crippen LogP contribution >= 0.6 is 13.5 Å². The van der Waals surface area contributed by atoms with Crippen molar-refractivity contribution in [1.29, 1.82) is 0 Å². The van der Waals surface area contributed by atoms with Crippen molar-refractivity contribution in [2.75, 3.05) is 51.3 Å². The van der Waals surface area contributed by atoms with Crippen LogP contribution in [0.1, 0.15) is 6.42 Å². The lowest BCUT2D eigenvalue weighted by atomic mass is 10.1. The molecule has 9 heteroatoms. The van der Waals surface area contributed by atoms with E-state index in [-0.39, 0.29) is 25.3 Å². The maximum atomic E-state index is 11.5. The Morgan fingerprint density at radius 3 is 2.56 bits per heavy atom. The molecule has 2 aliphatic heterocycles. The van der Waals surface area contributed by atoms with Gasteiger partial charge in [-0.25, -0.2) is 9.97 Å². The van der Waals surface area contributed by atoms with Gasteiger partial charge in [0.05, 0.1) is 17.8 Å². The molecule has 2 saturated heterocycles. The van der Waals surface area contributed by atoms with Crippen LogP contribution in [-0.4, -0.2) is 72.1 Å². The zero-order valence-electron chi connectivity index (χ0n) is 18.1. The first-order chi connectivity index (χ1) is 15.2. The van der Waals surface area contributed by atoms with Gasteiger partial charge in [-0.05, 0) is 25.2 Å². The van der Waals surface area contributed by atoms with Gasteiger partial charge < -0.3 is 19.9 Å². The number of fused-ring (bicyclic) bond motifs is 1. The minimum atomic E-state index is 0. The van der Waals surface area contributed by atoms with Crippen LogP contribution in [0.4, 0.5) is 5.69 Å². The van der Waals surface area contributed by atoms with Crippen LogP contribution in [-0.2, 0) is 4.79 Å². The maximum absolute atomic E-state index is 11.5. The van der Waals surface area contributed by atoms with Crippen LogP contribution < -0.4 is 15.0 Å². The first-order valence-corrected chi connectivity index (χ1v) is 10.7. The highest BCUT2D eigenvalue weighted by atomic mass is 32.1. The number of carbonyl (C=O) groups is 1. The summed E-state index contributed by atoms with van der Waals surface area (Å²) in [6.45, 7) is 5.29. The quantitative estimate of drug-likeness (QED) is 0.634. The third-order valence-electron chi connectivity index (χ3n) is 5.97. The number of hydrogen-bond acceptors (Lipinski definition) is 7. The first kappa shape index (κ1) is 22.3. The van der Waals surface area contributed by atoms with Crippen molar-refractivity contribution in [3.63, 3.8) is 0 Å². The number of likely N-dealkylation sites (N-methyl/N-ethyl adjacent to an activating group) is 1. The molecular weight excluding hydrogens is 424 g/mol. The Bertz CT molecular complexity index is 1090. The summed E-state index contributed by atoms with van der Waals surface area (Å²) in [5.74, 6) is 0.677. The molecule has 4 heterocycles. The Morgan fingerprint density at radius 1 is 1.09 bits per heavy atom. The lowest BCUT2D eigenvalue weighted by molar-refractivity contribution is -0.119. The second kappa shape index (κ2) is 9.70. The SMILES string of the molecule is CN1CCN(c2ccc(-c3cc4nccnc4c(OC[C@@H]4CNC(=O)C4)n3)cc2)CC1.S. The average molecular weight is 453 g/mol. The number of pyridine rings is 1. The Hall–Kier alpha value is -2.91. The van der Waals surface area contributed by atoms with E-state index in [0.717, 1.165) is 43.0 Å². The third-order valence-corrected chi connectivity index (χ3v) is 5.97. The maximum Gasteiger partial charge on any atom is 0.242 e. The van der Waals surface area contributed by atoms with Gasteiger partial charge in [0.15, 0.2) is 5.52 Å². The second-order valence-electron chi connectivity index (χ2n) is 8.26. The highest BCUT2D eigenvalue weighted by Gasteiger charge is 2.23. The van der Waals surface area contributed by atoms with Crippen molar-refractivity contribution in [1.82, 2.24) is 25.2 Å². The van der Waals surface area contributed by atoms with Crippen molar-refractivity contribution in [2.45, 2.75) is 6.42 Å². The van der Waals surface area contributed by atoms with Gasteiger partial charge in [0.2, 0.25) is 11.8 Å². The number of rotatable bonds is 5. The molecule has 2 aliphatic rings. The average Bonchev–Trinajstić information content (AvgIpc) is 3.23. The molecule has 8 nitrogen and oxygen atoms in total. The molecule has 1 atom stereocenters. The minimum absolute atomic E-state index is 0. The largest absolute Gasteiger partial charge is 0.476 e. The molecule has 1 N–H and O–H groups in total. The number of amides is 1. The number of anilines is 1. The highest BCUT2D eigenvalue weighted by Crippen LogP contribution is 2.29. The van der Waals surface area contributed by atoms with Crippen molar-refractivity contribution in [2.24, 2.45) is 5.92 Å². The summed E-state index contributed by atoms with van der Waals surface area (Å²) in [6, 6.07) is 10.4. The van der Waals surface area contributed by atoms with E-state index < -0.39 is 0 Å². The van der Waals surface area contributed by atoms with Crippen LogP contribution in [0.5, 0.6) is 5.88 Å². The standard InChI is InChI=1S/C23H26N6O2.H2S/c1-28-8-10-29(11-9-28)18-4-2-17(3-5-18)19-13-20-22(25-7-6-24-20)23(27-19)31-15-16-12-21(30)26-14-16;/h2-7,13,16H,8-12,14-15H2,1H3,(H,26,30);1H2/t16-;/m0./s1. The lowest BCUT2D eigenvalue weighted by Gasteiger charge is -2.34. The Labute approximate surface area is 194 Å². The van der Waals surface area contributed by atoms with Crippen LogP contribution in [0.25, 0.3) is 22.3 Å². The van der Waals surface area contributed by atoms with E-state index in [0.29, 0.717) is 31.0 Å². The van der Waals surface area contributed by atoms with E-state index in [1.54, 1.807) is 12.4 Å². The normalized spacial score (nSPS) is 19.0. The smallest absolute Gasteiger partial charge is 0.242 e. The molecule has 0 spiro atoms. The molecule has 0 bridgehead atoms. The number of nitrogens with one attached hydrogen (secondary N) is 1. The van der Waals surface area contributed by atoms with Crippen molar-refractivity contribution in [3.8, 4) is 17.1 Å². The highest BCUT2D eigenvalue weighted by molar-refractivity contribution is 7.59. The molecule has 5 rings (SSSR count). The van der Waals surface area contributed by atoms with E-state index in [4.69, 9.17) is 9.72 Å². The summed E-state index contributed by atoms with van der Waals surface area (Å²) in [5, 5.41) is 2.84. The van der Waals surface area contributed by atoms with Crippen molar-refractivity contribution in [3.05, 3.63) is 42.7 Å². The Balaban J connectivity index is 0.00000245. The Kier molecular flexibility index (Phi) is 6.76. The summed E-state index contributed by atoms with van der Waals surface area (Å²) in [7, 11) is 2.16. The van der Waals surface area contributed by atoms with Crippen LogP contribution in [0.3, 0.4) is 0 Å². The van der Waals surface area contributed by atoms with Crippen molar-refractivity contribution < 1.29 is 9.53 Å². The molecule has 0 aliphatic carbocycles. The van der Waals surface area contributed by atoms with Gasteiger partial charge in [0, 0.05) is 68.7 Å². The van der Waals surface area contributed by atoms with E-state index in [2.05, 4.69) is 56.4 Å². The lowest BCUT2D eigenvalue weighted by Crippen LogP contribution is -2.44. The second-order valence-corrected chi connectivity index (χ2v) is 8.26. The van der Waals surface area contributed by atoms with E-state index in [1.807, 2.05) is 6.07 Å². The zero-order chi connectivity index (χ0) is 21.2. The fraction of sp³-hybridized carbons (Fsp3) is 0.391. The molecule has 3 aromatic rings. The summed E-state index contributed by atoms with van der Waals surface area (Å²) in [5.41, 5.74) is 4.41. The summed E-state index contributed by atoms with van der Waals surface area (Å²) >= 11 is 0. The molecule has 1 amide bonds. The van der Waals surface area contributed by atoms with Gasteiger partial charge in [0.25, 0.3) is 0 Å². The van der Waals surface area contributed by atoms with E-state index >= 15 is 0 Å². The first-order valence-electron chi connectivity index (χ1n) is 10.7. The topological polar surface area (TPSA) is 83.5 Å². The van der Waals surface area contributed by atoms with Crippen molar-refractivity contribution >= 4 is 36.1 Å². The zero-order valence-corrected chi connectivity index (χ0v) is 19.1.